The molecule has 0 aliphatic carbocycles. The minimum Gasteiger partial charge on any atom is -0.457 e. The second-order valence-electron chi connectivity index (χ2n) is 6.30. The molecule has 25 heavy (non-hydrogen) atoms. The summed E-state index contributed by atoms with van der Waals surface area (Å²) in [6.07, 6.45) is 3.47. The van der Waals surface area contributed by atoms with Crippen LogP contribution in [-0.4, -0.2) is 36.5 Å². The van der Waals surface area contributed by atoms with Gasteiger partial charge in [0.25, 0.3) is 0 Å². The molecular formula is C21H28N2O2. The van der Waals surface area contributed by atoms with Crippen molar-refractivity contribution in [1.82, 2.24) is 4.90 Å². The number of aliphatic hydroxyl groups is 1. The average Bonchev–Trinajstić information content (AvgIpc) is 2.61. The summed E-state index contributed by atoms with van der Waals surface area (Å²) in [7, 11) is 2.01. The number of hydrogen-bond donors (Lipinski definition) is 1. The van der Waals surface area contributed by atoms with E-state index in [1.54, 1.807) is 0 Å². The summed E-state index contributed by atoms with van der Waals surface area (Å²) < 4.78 is 6.09. The van der Waals surface area contributed by atoms with Crippen LogP contribution in [0.5, 0.6) is 11.5 Å². The van der Waals surface area contributed by atoms with Crippen molar-refractivity contribution in [3.63, 3.8) is 0 Å². The maximum atomic E-state index is 8.97. The van der Waals surface area contributed by atoms with E-state index in [-0.39, 0.29) is 6.61 Å². The molecule has 0 radical (unpaired) electrons. The second kappa shape index (κ2) is 9.23. The fraction of sp³-hybridized carbons (Fsp3) is 0.381. The van der Waals surface area contributed by atoms with E-state index in [9.17, 15) is 0 Å². The molecule has 2 aromatic carbocycles. The lowest BCUT2D eigenvalue weighted by molar-refractivity contribution is 0.288. The van der Waals surface area contributed by atoms with Crippen LogP contribution in [0.3, 0.4) is 0 Å². The first-order chi connectivity index (χ1) is 12.0. The Morgan fingerprint density at radius 1 is 1.16 bits per heavy atom. The number of aryl methyl sites for hydroxylation is 3. The zero-order valence-electron chi connectivity index (χ0n) is 15.6. The standard InChI is InChI=1S/C21H28N2O2/c1-5-23(4)15-22-20-12-17(3)21(13-16(20)2)25-19-10-6-8-18(14-19)9-7-11-24/h6,8,10,12-15,24H,5,7,9,11H2,1-4H3. The van der Waals surface area contributed by atoms with Crippen molar-refractivity contribution in [2.45, 2.75) is 33.6 Å². The summed E-state index contributed by atoms with van der Waals surface area (Å²) >= 11 is 0. The van der Waals surface area contributed by atoms with Crippen LogP contribution in [-0.2, 0) is 6.42 Å². The van der Waals surface area contributed by atoms with Crippen LogP contribution in [0, 0.1) is 13.8 Å². The van der Waals surface area contributed by atoms with Crippen LogP contribution in [0.4, 0.5) is 5.69 Å². The monoisotopic (exact) mass is 340 g/mol. The molecule has 0 heterocycles. The molecule has 0 fully saturated rings. The van der Waals surface area contributed by atoms with E-state index in [1.807, 2.05) is 56.4 Å². The molecule has 0 unspecified atom stereocenters. The molecule has 0 spiro atoms. The van der Waals surface area contributed by atoms with Crippen LogP contribution in [0.25, 0.3) is 0 Å². The Morgan fingerprint density at radius 2 is 1.96 bits per heavy atom. The highest BCUT2D eigenvalue weighted by Crippen LogP contribution is 2.31. The molecule has 4 nitrogen and oxygen atoms in total. The minimum absolute atomic E-state index is 0.207. The normalized spacial score (nSPS) is 11.1. The first-order valence-electron chi connectivity index (χ1n) is 8.76. The van der Waals surface area contributed by atoms with E-state index in [0.717, 1.165) is 47.7 Å². The summed E-state index contributed by atoms with van der Waals surface area (Å²) in [6, 6.07) is 12.1. The van der Waals surface area contributed by atoms with Gasteiger partial charge in [-0.05, 0) is 74.6 Å². The Balaban J connectivity index is 2.18. The Kier molecular flexibility index (Phi) is 7.02. The lowest BCUT2D eigenvalue weighted by Crippen LogP contribution is -2.14. The van der Waals surface area contributed by atoms with Gasteiger partial charge >= 0.3 is 0 Å². The van der Waals surface area contributed by atoms with Crippen molar-refractivity contribution < 1.29 is 9.84 Å². The van der Waals surface area contributed by atoms with Gasteiger partial charge in [-0.25, -0.2) is 4.99 Å². The molecule has 0 atom stereocenters. The van der Waals surface area contributed by atoms with E-state index in [0.29, 0.717) is 0 Å². The van der Waals surface area contributed by atoms with Gasteiger partial charge in [-0.15, -0.1) is 0 Å². The summed E-state index contributed by atoms with van der Waals surface area (Å²) in [5, 5.41) is 8.97. The van der Waals surface area contributed by atoms with Gasteiger partial charge in [-0.2, -0.15) is 0 Å². The summed E-state index contributed by atoms with van der Waals surface area (Å²) in [6.45, 7) is 7.30. The van der Waals surface area contributed by atoms with Gasteiger partial charge in [0.15, 0.2) is 0 Å². The Labute approximate surface area is 150 Å². The third kappa shape index (κ3) is 5.61. The molecule has 1 N–H and O–H groups in total. The third-order valence-corrected chi connectivity index (χ3v) is 4.14. The molecule has 0 saturated carbocycles. The van der Waals surface area contributed by atoms with Gasteiger partial charge in [-0.1, -0.05) is 12.1 Å². The van der Waals surface area contributed by atoms with Gasteiger partial charge in [0.1, 0.15) is 11.5 Å². The maximum Gasteiger partial charge on any atom is 0.130 e. The zero-order valence-corrected chi connectivity index (χ0v) is 15.6. The van der Waals surface area contributed by atoms with Gasteiger partial charge < -0.3 is 14.7 Å². The lowest BCUT2D eigenvalue weighted by atomic mass is 10.1. The van der Waals surface area contributed by atoms with E-state index >= 15 is 0 Å². The van der Waals surface area contributed by atoms with Crippen molar-refractivity contribution in [3.05, 3.63) is 53.1 Å². The SMILES string of the molecule is CCN(C)C=Nc1cc(C)c(Oc2cccc(CCCO)c2)cc1C. The van der Waals surface area contributed by atoms with Crippen molar-refractivity contribution in [1.29, 1.82) is 0 Å². The van der Waals surface area contributed by atoms with Gasteiger partial charge in [0.05, 0.1) is 12.0 Å². The predicted molar refractivity (Wildman–Crippen MR) is 104 cm³/mol. The summed E-state index contributed by atoms with van der Waals surface area (Å²) in [5.41, 5.74) is 4.27. The van der Waals surface area contributed by atoms with Crippen LogP contribution >= 0.6 is 0 Å². The van der Waals surface area contributed by atoms with Crippen LogP contribution in [0.15, 0.2) is 41.4 Å². The fourth-order valence-electron chi connectivity index (χ4n) is 2.44. The molecule has 4 heteroatoms. The Hall–Kier alpha value is -2.33. The van der Waals surface area contributed by atoms with E-state index in [1.165, 1.54) is 5.56 Å². The number of aliphatic hydroxyl groups excluding tert-OH is 1. The largest absolute Gasteiger partial charge is 0.457 e. The zero-order chi connectivity index (χ0) is 18.2. The molecular weight excluding hydrogens is 312 g/mol. The Morgan fingerprint density at radius 3 is 2.68 bits per heavy atom. The molecule has 0 aliphatic rings. The fourth-order valence-corrected chi connectivity index (χ4v) is 2.44. The van der Waals surface area contributed by atoms with Gasteiger partial charge in [-0.3, -0.25) is 0 Å². The molecule has 134 valence electrons. The molecule has 0 amide bonds. The highest BCUT2D eigenvalue weighted by Gasteiger charge is 2.07. The molecule has 2 aromatic rings. The Bertz CT molecular complexity index is 726. The van der Waals surface area contributed by atoms with Gasteiger partial charge in [0.2, 0.25) is 0 Å². The first-order valence-corrected chi connectivity index (χ1v) is 8.76. The number of aliphatic imine (C=N–C) groups is 1. The van der Waals surface area contributed by atoms with Crippen LogP contribution in [0.2, 0.25) is 0 Å². The van der Waals surface area contributed by atoms with Crippen molar-refractivity contribution in [2.75, 3.05) is 20.2 Å². The van der Waals surface area contributed by atoms with Crippen LogP contribution < -0.4 is 4.74 Å². The summed E-state index contributed by atoms with van der Waals surface area (Å²) in [4.78, 5) is 6.59. The van der Waals surface area contributed by atoms with Crippen molar-refractivity contribution >= 4 is 12.0 Å². The maximum absolute atomic E-state index is 8.97. The highest BCUT2D eigenvalue weighted by molar-refractivity contribution is 5.64. The smallest absolute Gasteiger partial charge is 0.130 e. The highest BCUT2D eigenvalue weighted by atomic mass is 16.5. The van der Waals surface area contributed by atoms with Gasteiger partial charge in [0, 0.05) is 20.2 Å². The van der Waals surface area contributed by atoms with Crippen molar-refractivity contribution in [2.24, 2.45) is 4.99 Å². The molecule has 0 aromatic heterocycles. The van der Waals surface area contributed by atoms with E-state index < -0.39 is 0 Å². The second-order valence-corrected chi connectivity index (χ2v) is 6.30. The number of nitrogens with zero attached hydrogens (tertiary/aromatic N) is 2. The topological polar surface area (TPSA) is 45.1 Å². The number of rotatable bonds is 8. The quantitative estimate of drug-likeness (QED) is 0.563. The first kappa shape index (κ1) is 19.0. The summed E-state index contributed by atoms with van der Waals surface area (Å²) in [5.74, 6) is 1.67. The number of benzene rings is 2. The molecule has 2 rings (SSSR count). The lowest BCUT2D eigenvalue weighted by Gasteiger charge is -2.13. The van der Waals surface area contributed by atoms with Crippen LogP contribution in [0.1, 0.15) is 30.0 Å². The van der Waals surface area contributed by atoms with Crippen molar-refractivity contribution in [3.8, 4) is 11.5 Å². The average molecular weight is 340 g/mol. The van der Waals surface area contributed by atoms with E-state index in [4.69, 9.17) is 9.84 Å². The minimum atomic E-state index is 0.207. The predicted octanol–water partition coefficient (Wildman–Crippen LogP) is 4.63. The third-order valence-electron chi connectivity index (χ3n) is 4.14. The molecule has 0 saturated heterocycles. The molecule has 0 aliphatic heterocycles. The number of ether oxygens (including phenoxy) is 1. The number of hydrogen-bond acceptors (Lipinski definition) is 3. The molecule has 0 bridgehead atoms. The van der Waals surface area contributed by atoms with E-state index in [2.05, 4.69) is 24.0 Å².